The first-order valence-electron chi connectivity index (χ1n) is 24.4. The van der Waals surface area contributed by atoms with Crippen molar-refractivity contribution in [3.63, 3.8) is 0 Å². The number of likely N-dealkylation sites (tertiary alicyclic amines) is 2. The van der Waals surface area contributed by atoms with Gasteiger partial charge in [0.1, 0.15) is 58.2 Å². The molecule has 2 amide bonds. The van der Waals surface area contributed by atoms with Gasteiger partial charge in [-0.3, -0.25) is 0 Å². The Hall–Kier alpha value is -6.98. The highest BCUT2D eigenvalue weighted by atomic mass is 19.1. The molecule has 0 radical (unpaired) electrons. The van der Waals surface area contributed by atoms with Crippen molar-refractivity contribution in [3.8, 4) is 0 Å². The van der Waals surface area contributed by atoms with Crippen LogP contribution in [0.5, 0.6) is 0 Å². The van der Waals surface area contributed by atoms with Crippen LogP contribution >= 0.6 is 0 Å². The fourth-order valence-electron chi connectivity index (χ4n) is 10.3. The van der Waals surface area contributed by atoms with E-state index in [0.29, 0.717) is 83.1 Å². The SMILES string of the molecule is CC(C)(C)OC(=O)N1C[C@@H]2C[C@H]1CN2c1ccc2ncnc(Nc3cccc(C4CC4)c3F)c2n1.CC(C)(C)OC(=O)N1C[C@@H]2C[C@H]1CN2c1ccc2ncnc(Nc3cccc(C4CC4)c3F)c2n1. The van der Waals surface area contributed by atoms with Crippen LogP contribution in [0.15, 0.2) is 73.3 Å². The highest BCUT2D eigenvalue weighted by molar-refractivity contribution is 5.89. The first kappa shape index (κ1) is 45.5. The van der Waals surface area contributed by atoms with Gasteiger partial charge in [-0.1, -0.05) is 24.3 Å². The predicted octanol–water partition coefficient (Wildman–Crippen LogP) is 9.97. The highest BCUT2D eigenvalue weighted by Crippen LogP contribution is 2.45. The lowest BCUT2D eigenvalue weighted by atomic mass is 10.1. The molecule has 4 atom stereocenters. The minimum atomic E-state index is -0.514. The molecule has 0 unspecified atom stereocenters. The van der Waals surface area contributed by atoms with Gasteiger partial charge in [-0.2, -0.15) is 0 Å². The van der Waals surface area contributed by atoms with E-state index in [0.717, 1.165) is 61.3 Å². The standard InChI is InChI=1S/2C26H29FN6O2/c2*1-26(2,3)35-25(34)33-13-16-11-17(33)12-32(16)21-10-9-20-23(31-21)24(29-14-28-20)30-19-6-4-5-18(22(19)27)15-7-8-15/h2*4-6,9-10,14-17H,7-8,11-13H2,1-3H3,(H,28,29,30)/t2*16-,17-/m00/s1. The van der Waals surface area contributed by atoms with Crippen molar-refractivity contribution in [1.29, 1.82) is 0 Å². The van der Waals surface area contributed by atoms with E-state index in [1.807, 2.05) is 99.9 Å². The van der Waals surface area contributed by atoms with Gasteiger partial charge in [0.2, 0.25) is 0 Å². The number of fused-ring (bicyclic) bond motifs is 6. The number of pyridine rings is 2. The molecule has 4 bridgehead atoms. The van der Waals surface area contributed by atoms with Crippen molar-refractivity contribution in [2.45, 2.75) is 127 Å². The molecule has 6 aliphatic rings. The number of hydrogen-bond acceptors (Lipinski definition) is 14. The van der Waals surface area contributed by atoms with E-state index in [1.54, 1.807) is 12.1 Å². The van der Waals surface area contributed by atoms with E-state index in [2.05, 4.69) is 40.4 Å². The molecule has 0 spiro atoms. The lowest BCUT2D eigenvalue weighted by Gasteiger charge is -2.35. The van der Waals surface area contributed by atoms with Crippen LogP contribution in [0.4, 0.5) is 53.0 Å². The van der Waals surface area contributed by atoms with E-state index >= 15 is 8.78 Å². The van der Waals surface area contributed by atoms with Crippen molar-refractivity contribution < 1.29 is 27.8 Å². The monoisotopic (exact) mass is 952 g/mol. The van der Waals surface area contributed by atoms with Crippen LogP contribution in [0.1, 0.15) is 103 Å². The number of amides is 2. The number of nitrogens with one attached hydrogen (secondary N) is 2. The molecular weight excluding hydrogens is 895 g/mol. The second-order valence-corrected chi connectivity index (χ2v) is 21.4. The van der Waals surface area contributed by atoms with Gasteiger partial charge in [0, 0.05) is 26.2 Å². The Bertz CT molecular complexity index is 2810. The topological polar surface area (TPSA) is 167 Å². The van der Waals surface area contributed by atoms with Gasteiger partial charge in [-0.25, -0.2) is 48.3 Å². The zero-order chi connectivity index (χ0) is 48.6. The van der Waals surface area contributed by atoms with Crippen molar-refractivity contribution in [2.75, 3.05) is 46.6 Å². The number of nitrogens with zero attached hydrogens (tertiary/aromatic N) is 10. The Balaban J connectivity index is 0.000000152. The van der Waals surface area contributed by atoms with Gasteiger partial charge < -0.3 is 39.7 Å². The Morgan fingerprint density at radius 2 is 0.971 bits per heavy atom. The zero-order valence-electron chi connectivity index (χ0n) is 40.3. The predicted molar refractivity (Wildman–Crippen MR) is 263 cm³/mol. The maximum Gasteiger partial charge on any atom is 0.410 e. The number of aromatic nitrogens is 6. The average Bonchev–Trinajstić information content (AvgIpc) is 4.18. The minimum Gasteiger partial charge on any atom is -0.444 e. The summed E-state index contributed by atoms with van der Waals surface area (Å²) in [6.45, 7) is 13.9. The van der Waals surface area contributed by atoms with Crippen molar-refractivity contribution in [1.82, 2.24) is 39.7 Å². The lowest BCUT2D eigenvalue weighted by Crippen LogP contribution is -2.50. The molecule has 2 aliphatic carbocycles. The number of benzene rings is 2. The molecule has 4 aromatic heterocycles. The maximum atomic E-state index is 15.1. The van der Waals surface area contributed by atoms with Crippen molar-refractivity contribution in [2.24, 2.45) is 0 Å². The first-order valence-corrected chi connectivity index (χ1v) is 24.4. The number of anilines is 6. The van der Waals surface area contributed by atoms with E-state index in [4.69, 9.17) is 19.4 Å². The summed E-state index contributed by atoms with van der Waals surface area (Å²) in [4.78, 5) is 60.6. The fourth-order valence-corrected chi connectivity index (χ4v) is 10.3. The second kappa shape index (κ2) is 17.5. The largest absolute Gasteiger partial charge is 0.444 e. The number of carbonyl (C=O) groups excluding carboxylic acids is 2. The van der Waals surface area contributed by atoms with Crippen LogP contribution in [0.25, 0.3) is 22.1 Å². The second-order valence-electron chi connectivity index (χ2n) is 21.4. The summed E-state index contributed by atoms with van der Waals surface area (Å²) < 4.78 is 41.4. The Kier molecular flexibility index (Phi) is 11.3. The molecule has 4 saturated heterocycles. The number of halogens is 2. The molecular formula is C52H58F2N12O4. The highest BCUT2D eigenvalue weighted by Gasteiger charge is 2.48. The van der Waals surface area contributed by atoms with Gasteiger partial charge in [0.25, 0.3) is 0 Å². The Morgan fingerprint density at radius 1 is 0.557 bits per heavy atom. The van der Waals surface area contributed by atoms with Crippen LogP contribution in [0.3, 0.4) is 0 Å². The van der Waals surface area contributed by atoms with Gasteiger partial charge in [0.05, 0.1) is 46.6 Å². The lowest BCUT2D eigenvalue weighted by molar-refractivity contribution is 0.0204. The molecule has 6 fully saturated rings. The number of piperazine rings is 2. The molecule has 8 heterocycles. The molecule has 16 nitrogen and oxygen atoms in total. The van der Waals surface area contributed by atoms with E-state index in [-0.39, 0.29) is 48.0 Å². The average molecular weight is 953 g/mol. The smallest absolute Gasteiger partial charge is 0.410 e. The number of carbonyl (C=O) groups is 2. The third-order valence-corrected chi connectivity index (χ3v) is 13.9. The Labute approximate surface area is 405 Å². The zero-order valence-corrected chi connectivity index (χ0v) is 40.3. The molecule has 2 saturated carbocycles. The molecule has 2 aromatic carbocycles. The maximum absolute atomic E-state index is 15.1. The summed E-state index contributed by atoms with van der Waals surface area (Å²) in [7, 11) is 0. The van der Waals surface area contributed by atoms with E-state index in [1.165, 1.54) is 12.7 Å². The molecule has 2 N–H and O–H groups in total. The van der Waals surface area contributed by atoms with Gasteiger partial charge in [-0.15, -0.1) is 0 Å². The summed E-state index contributed by atoms with van der Waals surface area (Å²) in [5, 5.41) is 6.31. The van der Waals surface area contributed by atoms with Gasteiger partial charge >= 0.3 is 12.2 Å². The number of ether oxygens (including phenoxy) is 2. The third kappa shape index (κ3) is 9.15. The summed E-state index contributed by atoms with van der Waals surface area (Å²) >= 11 is 0. The molecule has 364 valence electrons. The summed E-state index contributed by atoms with van der Waals surface area (Å²) in [6, 6.07) is 19.2. The summed E-state index contributed by atoms with van der Waals surface area (Å²) in [5.74, 6) is 2.74. The molecule has 12 rings (SSSR count). The number of hydrogen-bond donors (Lipinski definition) is 2. The molecule has 70 heavy (non-hydrogen) atoms. The van der Waals surface area contributed by atoms with Gasteiger partial charge in [-0.05, 0) is 139 Å². The summed E-state index contributed by atoms with van der Waals surface area (Å²) in [6.07, 6.45) is 8.31. The van der Waals surface area contributed by atoms with Crippen LogP contribution < -0.4 is 20.4 Å². The number of rotatable bonds is 8. The third-order valence-electron chi connectivity index (χ3n) is 13.9. The molecule has 18 heteroatoms. The van der Waals surface area contributed by atoms with Crippen LogP contribution in [-0.2, 0) is 9.47 Å². The quantitative estimate of drug-likeness (QED) is 0.148. The normalized spacial score (nSPS) is 21.6. The molecule has 6 aromatic rings. The van der Waals surface area contributed by atoms with Crippen LogP contribution in [-0.4, -0.2) is 113 Å². The first-order chi connectivity index (χ1) is 33.5. The van der Waals surface area contributed by atoms with Gasteiger partial charge in [0.15, 0.2) is 11.6 Å². The minimum absolute atomic E-state index is 0.0937. The van der Waals surface area contributed by atoms with Crippen LogP contribution in [0.2, 0.25) is 0 Å². The van der Waals surface area contributed by atoms with E-state index in [9.17, 15) is 9.59 Å². The molecule has 4 aliphatic heterocycles. The Morgan fingerprint density at radius 3 is 1.33 bits per heavy atom. The summed E-state index contributed by atoms with van der Waals surface area (Å²) in [5.41, 5.74) is 3.83. The van der Waals surface area contributed by atoms with Crippen molar-refractivity contribution in [3.05, 3.63) is 96.1 Å². The van der Waals surface area contributed by atoms with E-state index < -0.39 is 11.2 Å². The van der Waals surface area contributed by atoms with Crippen LogP contribution in [0, 0.1) is 11.6 Å². The van der Waals surface area contributed by atoms with Crippen molar-refractivity contribution >= 4 is 68.9 Å². The fraction of sp³-hybridized carbons (Fsp3) is 0.462.